The molecule has 2 heteroatoms. The summed E-state index contributed by atoms with van der Waals surface area (Å²) in [6, 6.07) is 14.5. The Morgan fingerprint density at radius 1 is 1.00 bits per heavy atom. The summed E-state index contributed by atoms with van der Waals surface area (Å²) in [6.45, 7) is 3.82. The Hall–Kier alpha value is -1.67. The number of aryl methyl sites for hydroxylation is 1. The van der Waals surface area contributed by atoms with Crippen molar-refractivity contribution in [2.24, 2.45) is 0 Å². The third-order valence-electron chi connectivity index (χ3n) is 3.14. The van der Waals surface area contributed by atoms with Crippen LogP contribution in [0.5, 0.6) is 0 Å². The fourth-order valence-corrected chi connectivity index (χ4v) is 2.41. The molecule has 0 heterocycles. The molecular formula is C17H19FO. The molecule has 1 N–H and O–H groups in total. The van der Waals surface area contributed by atoms with Gasteiger partial charge in [0.25, 0.3) is 0 Å². The maximum atomic E-state index is 13.1. The first-order valence-electron chi connectivity index (χ1n) is 6.47. The minimum atomic E-state index is -0.873. The van der Waals surface area contributed by atoms with E-state index >= 15 is 0 Å². The number of halogens is 1. The van der Waals surface area contributed by atoms with Crippen LogP contribution in [0.4, 0.5) is 4.39 Å². The Kier molecular flexibility index (Phi) is 4.01. The highest BCUT2D eigenvalue weighted by molar-refractivity contribution is 5.25. The van der Waals surface area contributed by atoms with Crippen molar-refractivity contribution in [2.75, 3.05) is 0 Å². The normalized spacial score (nSPS) is 14.1. The van der Waals surface area contributed by atoms with E-state index in [1.54, 1.807) is 13.0 Å². The van der Waals surface area contributed by atoms with Gasteiger partial charge in [-0.2, -0.15) is 0 Å². The van der Waals surface area contributed by atoms with Crippen LogP contribution in [-0.2, 0) is 12.8 Å². The maximum absolute atomic E-state index is 13.1. The van der Waals surface area contributed by atoms with Gasteiger partial charge in [-0.05, 0) is 37.1 Å². The minimum Gasteiger partial charge on any atom is -0.389 e. The van der Waals surface area contributed by atoms with Crippen LogP contribution < -0.4 is 0 Å². The summed E-state index contributed by atoms with van der Waals surface area (Å²) in [6.07, 6.45) is 1.00. The number of hydrogen-bond donors (Lipinski definition) is 1. The second kappa shape index (κ2) is 5.54. The van der Waals surface area contributed by atoms with Gasteiger partial charge in [0.05, 0.1) is 5.60 Å². The Morgan fingerprint density at radius 2 is 1.58 bits per heavy atom. The number of hydrogen-bond acceptors (Lipinski definition) is 1. The molecule has 0 aromatic heterocycles. The number of benzene rings is 2. The van der Waals surface area contributed by atoms with Crippen molar-refractivity contribution in [2.45, 2.75) is 32.3 Å². The van der Waals surface area contributed by atoms with Crippen molar-refractivity contribution in [1.82, 2.24) is 0 Å². The van der Waals surface area contributed by atoms with Gasteiger partial charge in [-0.1, -0.05) is 42.0 Å². The van der Waals surface area contributed by atoms with Gasteiger partial charge in [0.15, 0.2) is 0 Å². The van der Waals surface area contributed by atoms with Crippen LogP contribution in [0.2, 0.25) is 0 Å². The molecular weight excluding hydrogens is 239 g/mol. The van der Waals surface area contributed by atoms with E-state index in [4.69, 9.17) is 0 Å². The van der Waals surface area contributed by atoms with Crippen molar-refractivity contribution in [3.8, 4) is 0 Å². The van der Waals surface area contributed by atoms with E-state index in [0.29, 0.717) is 12.8 Å². The van der Waals surface area contributed by atoms with Crippen molar-refractivity contribution in [3.05, 3.63) is 71.0 Å². The Labute approximate surface area is 113 Å². The fraction of sp³-hybridized carbons (Fsp3) is 0.294. The lowest BCUT2D eigenvalue weighted by Crippen LogP contribution is -2.30. The van der Waals surface area contributed by atoms with Crippen LogP contribution in [0.15, 0.2) is 48.5 Å². The zero-order chi connectivity index (χ0) is 13.9. The van der Waals surface area contributed by atoms with Crippen LogP contribution in [-0.4, -0.2) is 10.7 Å². The fourth-order valence-electron chi connectivity index (χ4n) is 2.41. The van der Waals surface area contributed by atoms with Gasteiger partial charge in [0.2, 0.25) is 0 Å². The molecule has 100 valence electrons. The van der Waals surface area contributed by atoms with Gasteiger partial charge in [-0.25, -0.2) is 4.39 Å². The summed E-state index contributed by atoms with van der Waals surface area (Å²) in [7, 11) is 0. The predicted octanol–water partition coefficient (Wildman–Crippen LogP) is 3.67. The summed E-state index contributed by atoms with van der Waals surface area (Å²) >= 11 is 0. The minimum absolute atomic E-state index is 0.260. The molecule has 1 atom stereocenters. The van der Waals surface area contributed by atoms with Crippen molar-refractivity contribution in [1.29, 1.82) is 0 Å². The first-order chi connectivity index (χ1) is 8.94. The summed E-state index contributed by atoms with van der Waals surface area (Å²) < 4.78 is 13.1. The van der Waals surface area contributed by atoms with E-state index in [2.05, 4.69) is 6.07 Å². The number of aliphatic hydroxyl groups is 1. The van der Waals surface area contributed by atoms with Gasteiger partial charge in [-0.3, -0.25) is 0 Å². The summed E-state index contributed by atoms with van der Waals surface area (Å²) in [5, 5.41) is 10.5. The van der Waals surface area contributed by atoms with Crippen LogP contribution in [0.25, 0.3) is 0 Å². The third-order valence-corrected chi connectivity index (χ3v) is 3.14. The SMILES string of the molecule is Cc1cccc(CC(C)(O)Cc2cccc(F)c2)c1. The Balaban J connectivity index is 2.10. The molecule has 0 aliphatic carbocycles. The standard InChI is InChI=1S/C17H19FO/c1-13-5-3-6-14(9-13)11-17(2,19)12-15-7-4-8-16(18)10-15/h3-10,19H,11-12H2,1-2H3. The molecule has 2 rings (SSSR count). The lowest BCUT2D eigenvalue weighted by Gasteiger charge is -2.23. The van der Waals surface area contributed by atoms with Gasteiger partial charge in [0.1, 0.15) is 5.82 Å². The largest absolute Gasteiger partial charge is 0.389 e. The zero-order valence-electron chi connectivity index (χ0n) is 11.4. The summed E-state index contributed by atoms with van der Waals surface area (Å²) in [5.74, 6) is -0.260. The predicted molar refractivity (Wildman–Crippen MR) is 75.6 cm³/mol. The maximum Gasteiger partial charge on any atom is 0.123 e. The molecule has 0 spiro atoms. The molecule has 0 amide bonds. The van der Waals surface area contributed by atoms with E-state index in [0.717, 1.165) is 11.1 Å². The lowest BCUT2D eigenvalue weighted by atomic mass is 9.89. The van der Waals surface area contributed by atoms with Crippen LogP contribution >= 0.6 is 0 Å². The van der Waals surface area contributed by atoms with Gasteiger partial charge in [-0.15, -0.1) is 0 Å². The molecule has 0 fully saturated rings. The zero-order valence-corrected chi connectivity index (χ0v) is 11.4. The Morgan fingerprint density at radius 3 is 2.16 bits per heavy atom. The molecule has 1 unspecified atom stereocenters. The smallest absolute Gasteiger partial charge is 0.123 e. The summed E-state index contributed by atoms with van der Waals surface area (Å²) in [4.78, 5) is 0. The van der Waals surface area contributed by atoms with Crippen molar-refractivity contribution >= 4 is 0 Å². The lowest BCUT2D eigenvalue weighted by molar-refractivity contribution is 0.0608. The van der Waals surface area contributed by atoms with E-state index in [-0.39, 0.29) is 5.82 Å². The van der Waals surface area contributed by atoms with E-state index in [9.17, 15) is 9.50 Å². The molecule has 0 aliphatic heterocycles. The van der Waals surface area contributed by atoms with Gasteiger partial charge in [0, 0.05) is 12.8 Å². The highest BCUT2D eigenvalue weighted by Crippen LogP contribution is 2.20. The second-order valence-electron chi connectivity index (χ2n) is 5.47. The monoisotopic (exact) mass is 258 g/mol. The summed E-state index contributed by atoms with van der Waals surface area (Å²) in [5.41, 5.74) is 2.22. The molecule has 0 aliphatic rings. The molecule has 0 saturated carbocycles. The van der Waals surface area contributed by atoms with Crippen LogP contribution in [0, 0.1) is 12.7 Å². The molecule has 19 heavy (non-hydrogen) atoms. The van der Waals surface area contributed by atoms with Crippen LogP contribution in [0.3, 0.4) is 0 Å². The molecule has 2 aromatic carbocycles. The van der Waals surface area contributed by atoms with Crippen LogP contribution in [0.1, 0.15) is 23.6 Å². The average Bonchev–Trinajstić information content (AvgIpc) is 2.27. The van der Waals surface area contributed by atoms with E-state index in [1.807, 2.05) is 31.2 Å². The van der Waals surface area contributed by atoms with E-state index < -0.39 is 5.60 Å². The van der Waals surface area contributed by atoms with Crippen molar-refractivity contribution in [3.63, 3.8) is 0 Å². The Bertz CT molecular complexity index is 511. The molecule has 1 nitrogen and oxygen atoms in total. The average molecular weight is 258 g/mol. The molecule has 2 aromatic rings. The van der Waals surface area contributed by atoms with Gasteiger partial charge >= 0.3 is 0 Å². The first-order valence-corrected chi connectivity index (χ1v) is 6.47. The topological polar surface area (TPSA) is 20.2 Å². The van der Waals surface area contributed by atoms with Crippen molar-refractivity contribution < 1.29 is 9.50 Å². The van der Waals surface area contributed by atoms with E-state index in [1.165, 1.54) is 17.7 Å². The molecule has 0 bridgehead atoms. The first kappa shape index (κ1) is 13.8. The highest BCUT2D eigenvalue weighted by atomic mass is 19.1. The highest BCUT2D eigenvalue weighted by Gasteiger charge is 2.21. The molecule has 0 radical (unpaired) electrons. The van der Waals surface area contributed by atoms with Gasteiger partial charge < -0.3 is 5.11 Å². The third kappa shape index (κ3) is 4.18. The molecule has 0 saturated heterocycles. The second-order valence-corrected chi connectivity index (χ2v) is 5.47. The number of rotatable bonds is 4. The quantitative estimate of drug-likeness (QED) is 0.887.